The number of morpholine rings is 1. The van der Waals surface area contributed by atoms with Crippen molar-refractivity contribution < 1.29 is 14.3 Å². The van der Waals surface area contributed by atoms with Crippen molar-refractivity contribution in [2.75, 3.05) is 33.4 Å². The van der Waals surface area contributed by atoms with E-state index in [1.54, 1.807) is 19.4 Å². The highest BCUT2D eigenvalue weighted by atomic mass is 16.5. The summed E-state index contributed by atoms with van der Waals surface area (Å²) in [5, 5.41) is 8.99. The lowest BCUT2D eigenvalue weighted by molar-refractivity contribution is 0.0303. The van der Waals surface area contributed by atoms with Crippen molar-refractivity contribution in [3.8, 4) is 17.1 Å². The van der Waals surface area contributed by atoms with Crippen LogP contribution in [0.5, 0.6) is 5.88 Å². The quantitative estimate of drug-likeness (QED) is 0.720. The van der Waals surface area contributed by atoms with Crippen LogP contribution in [0, 0.1) is 0 Å². The molecule has 0 N–H and O–H groups in total. The van der Waals surface area contributed by atoms with E-state index in [0.717, 1.165) is 16.5 Å². The molecule has 0 spiro atoms. The second kappa shape index (κ2) is 7.05. The monoisotopic (exact) mass is 350 g/mol. The van der Waals surface area contributed by atoms with Gasteiger partial charge in [-0.05, 0) is 30.3 Å². The number of ether oxygens (including phenoxy) is 2. The zero-order valence-electron chi connectivity index (χ0n) is 14.4. The van der Waals surface area contributed by atoms with Gasteiger partial charge in [-0.1, -0.05) is 0 Å². The number of aromatic nitrogens is 3. The fourth-order valence-electron chi connectivity index (χ4n) is 3.05. The molecular weight excluding hydrogens is 332 g/mol. The van der Waals surface area contributed by atoms with E-state index in [4.69, 9.17) is 9.47 Å². The van der Waals surface area contributed by atoms with Crippen molar-refractivity contribution in [3.05, 3.63) is 48.2 Å². The summed E-state index contributed by atoms with van der Waals surface area (Å²) in [6, 6.07) is 11.0. The summed E-state index contributed by atoms with van der Waals surface area (Å²) in [5.41, 5.74) is 2.89. The third-order valence-electron chi connectivity index (χ3n) is 4.39. The maximum Gasteiger partial charge on any atom is 0.254 e. The number of rotatable bonds is 3. The largest absolute Gasteiger partial charge is 0.481 e. The van der Waals surface area contributed by atoms with Gasteiger partial charge in [0.05, 0.1) is 31.5 Å². The molecule has 26 heavy (non-hydrogen) atoms. The number of methoxy groups -OCH3 is 1. The maximum absolute atomic E-state index is 12.8. The van der Waals surface area contributed by atoms with Crippen LogP contribution in [0.15, 0.2) is 42.6 Å². The highest BCUT2D eigenvalue weighted by Crippen LogP contribution is 2.30. The fraction of sp³-hybridized carbons (Fsp3) is 0.263. The first-order valence-corrected chi connectivity index (χ1v) is 8.40. The minimum Gasteiger partial charge on any atom is -0.481 e. The van der Waals surface area contributed by atoms with Gasteiger partial charge in [0.1, 0.15) is 0 Å². The van der Waals surface area contributed by atoms with Crippen LogP contribution in [0.1, 0.15) is 10.4 Å². The minimum absolute atomic E-state index is 0.00360. The van der Waals surface area contributed by atoms with E-state index >= 15 is 0 Å². The molecule has 1 aliphatic rings. The molecule has 1 saturated heterocycles. The lowest BCUT2D eigenvalue weighted by Crippen LogP contribution is -2.40. The Morgan fingerprint density at radius 2 is 2.04 bits per heavy atom. The highest BCUT2D eigenvalue weighted by molar-refractivity contribution is 6.02. The van der Waals surface area contributed by atoms with Gasteiger partial charge < -0.3 is 14.4 Å². The Labute approximate surface area is 150 Å². The van der Waals surface area contributed by atoms with Crippen LogP contribution in [0.25, 0.3) is 22.2 Å². The number of nitrogens with zero attached hydrogens (tertiary/aromatic N) is 4. The predicted octanol–water partition coefficient (Wildman–Crippen LogP) is 2.17. The molecule has 1 fully saturated rings. The van der Waals surface area contributed by atoms with Crippen molar-refractivity contribution in [1.29, 1.82) is 0 Å². The first-order valence-electron chi connectivity index (χ1n) is 8.40. The molecule has 0 aliphatic carbocycles. The maximum atomic E-state index is 12.8. The summed E-state index contributed by atoms with van der Waals surface area (Å²) in [7, 11) is 1.57. The number of carbonyl (C=O) groups is 1. The van der Waals surface area contributed by atoms with Gasteiger partial charge in [-0.25, -0.2) is 4.98 Å². The number of pyridine rings is 1. The molecule has 4 rings (SSSR count). The van der Waals surface area contributed by atoms with E-state index < -0.39 is 0 Å². The predicted molar refractivity (Wildman–Crippen MR) is 96.0 cm³/mol. The molecule has 0 radical (unpaired) electrons. The molecule has 7 heteroatoms. The summed E-state index contributed by atoms with van der Waals surface area (Å²) in [6.07, 6.45) is 1.62. The highest BCUT2D eigenvalue weighted by Gasteiger charge is 2.20. The zero-order valence-corrected chi connectivity index (χ0v) is 14.4. The zero-order chi connectivity index (χ0) is 17.9. The van der Waals surface area contributed by atoms with Gasteiger partial charge in [-0.3, -0.25) is 4.79 Å². The van der Waals surface area contributed by atoms with Gasteiger partial charge in [-0.15, -0.1) is 0 Å². The minimum atomic E-state index is -0.00360. The number of hydrogen-bond acceptors (Lipinski definition) is 6. The molecule has 1 aromatic carbocycles. The lowest BCUT2D eigenvalue weighted by atomic mass is 10.0. The molecule has 0 saturated carbocycles. The Hall–Kier alpha value is -3.06. The van der Waals surface area contributed by atoms with Crippen LogP contribution in [0.2, 0.25) is 0 Å². The van der Waals surface area contributed by atoms with Gasteiger partial charge in [0, 0.05) is 41.9 Å². The normalized spacial score (nSPS) is 14.4. The fourth-order valence-corrected chi connectivity index (χ4v) is 3.05. The molecule has 0 bridgehead atoms. The SMILES string of the molecule is COc1cc(-c2cccnn2)c2cc(C(=O)N3CCOCC3)ccc2n1. The Kier molecular flexibility index (Phi) is 4.45. The van der Waals surface area contributed by atoms with E-state index in [-0.39, 0.29) is 5.91 Å². The number of fused-ring (bicyclic) bond motifs is 1. The molecule has 2 aromatic heterocycles. The van der Waals surface area contributed by atoms with Gasteiger partial charge in [0.2, 0.25) is 5.88 Å². The standard InChI is InChI=1S/C19H18N4O3/c1-25-18-12-15(17-3-2-6-20-22-17)14-11-13(4-5-16(14)21-18)19(24)23-7-9-26-10-8-23/h2-6,11-12H,7-10H2,1H3. The molecular formula is C19H18N4O3. The Balaban J connectivity index is 1.82. The third-order valence-corrected chi connectivity index (χ3v) is 4.39. The second-order valence-corrected chi connectivity index (χ2v) is 5.96. The second-order valence-electron chi connectivity index (χ2n) is 5.96. The molecule has 132 valence electrons. The van der Waals surface area contributed by atoms with Crippen molar-refractivity contribution in [2.24, 2.45) is 0 Å². The van der Waals surface area contributed by atoms with Crippen LogP contribution in [0.4, 0.5) is 0 Å². The summed E-state index contributed by atoms with van der Waals surface area (Å²) in [5.74, 6) is 0.488. The topological polar surface area (TPSA) is 77.4 Å². The first kappa shape index (κ1) is 16.4. The van der Waals surface area contributed by atoms with Crippen molar-refractivity contribution in [1.82, 2.24) is 20.1 Å². The van der Waals surface area contributed by atoms with E-state index in [0.29, 0.717) is 43.4 Å². The van der Waals surface area contributed by atoms with Gasteiger partial charge in [0.15, 0.2) is 0 Å². The van der Waals surface area contributed by atoms with E-state index in [1.807, 2.05) is 35.2 Å². The molecule has 1 amide bonds. The third kappa shape index (κ3) is 3.09. The van der Waals surface area contributed by atoms with E-state index in [9.17, 15) is 4.79 Å². The average Bonchev–Trinajstić information content (AvgIpc) is 2.73. The summed E-state index contributed by atoms with van der Waals surface area (Å²) >= 11 is 0. The van der Waals surface area contributed by atoms with Gasteiger partial charge >= 0.3 is 0 Å². The van der Waals surface area contributed by atoms with Crippen LogP contribution in [-0.4, -0.2) is 59.4 Å². The Morgan fingerprint density at radius 3 is 2.77 bits per heavy atom. The molecule has 0 atom stereocenters. The molecule has 3 aromatic rings. The van der Waals surface area contributed by atoms with Crippen LogP contribution in [-0.2, 0) is 4.74 Å². The number of hydrogen-bond donors (Lipinski definition) is 0. The number of carbonyl (C=O) groups excluding carboxylic acids is 1. The Morgan fingerprint density at radius 1 is 1.19 bits per heavy atom. The van der Waals surface area contributed by atoms with Crippen molar-refractivity contribution >= 4 is 16.8 Å². The summed E-state index contributed by atoms with van der Waals surface area (Å²) < 4.78 is 10.6. The number of amides is 1. The van der Waals surface area contributed by atoms with Crippen LogP contribution >= 0.6 is 0 Å². The van der Waals surface area contributed by atoms with Gasteiger partial charge in [0.25, 0.3) is 5.91 Å². The van der Waals surface area contributed by atoms with E-state index in [1.165, 1.54) is 0 Å². The smallest absolute Gasteiger partial charge is 0.254 e. The summed E-state index contributed by atoms with van der Waals surface area (Å²) in [4.78, 5) is 19.1. The number of benzene rings is 1. The van der Waals surface area contributed by atoms with Crippen molar-refractivity contribution in [2.45, 2.75) is 0 Å². The Bertz CT molecular complexity index is 940. The molecule has 7 nitrogen and oxygen atoms in total. The molecule has 0 unspecified atom stereocenters. The molecule has 3 heterocycles. The van der Waals surface area contributed by atoms with Crippen molar-refractivity contribution in [3.63, 3.8) is 0 Å². The average molecular weight is 350 g/mol. The van der Waals surface area contributed by atoms with Crippen LogP contribution < -0.4 is 4.74 Å². The van der Waals surface area contributed by atoms with E-state index in [2.05, 4.69) is 15.2 Å². The lowest BCUT2D eigenvalue weighted by Gasteiger charge is -2.27. The summed E-state index contributed by atoms with van der Waals surface area (Å²) in [6.45, 7) is 2.36. The first-order chi connectivity index (χ1) is 12.8. The molecule has 1 aliphatic heterocycles. The van der Waals surface area contributed by atoms with Gasteiger partial charge in [-0.2, -0.15) is 10.2 Å². The van der Waals surface area contributed by atoms with Crippen LogP contribution in [0.3, 0.4) is 0 Å².